The van der Waals surface area contributed by atoms with Crippen molar-refractivity contribution in [2.75, 3.05) is 0 Å². The van der Waals surface area contributed by atoms with Crippen LogP contribution in [0.1, 0.15) is 12.0 Å². The molecule has 0 radical (unpaired) electrons. The van der Waals surface area contributed by atoms with E-state index in [2.05, 4.69) is 4.74 Å². The van der Waals surface area contributed by atoms with Gasteiger partial charge in [0.05, 0.1) is 15.4 Å². The van der Waals surface area contributed by atoms with E-state index in [1.54, 1.807) is 6.92 Å². The molecule has 0 aromatic heterocycles. The van der Waals surface area contributed by atoms with Crippen LogP contribution in [0, 0.1) is 34.2 Å². The van der Waals surface area contributed by atoms with Crippen LogP contribution in [0.3, 0.4) is 0 Å². The molecule has 1 saturated heterocycles. The molecule has 3 fully saturated rings. The van der Waals surface area contributed by atoms with Gasteiger partial charge in [-0.15, -0.1) is 0 Å². The van der Waals surface area contributed by atoms with Crippen molar-refractivity contribution in [2.45, 2.75) is 30.8 Å². The molecule has 174 valence electrons. The Bertz CT molecular complexity index is 1110. The number of esters is 3. The molecule has 2 saturated carbocycles. The second-order valence-electron chi connectivity index (χ2n) is 7.87. The number of phenols is 1. The van der Waals surface area contributed by atoms with Gasteiger partial charge >= 0.3 is 33.3 Å². The summed E-state index contributed by atoms with van der Waals surface area (Å²) in [4.78, 5) is 37.1. The van der Waals surface area contributed by atoms with Crippen molar-refractivity contribution in [3.63, 3.8) is 0 Å². The van der Waals surface area contributed by atoms with Crippen molar-refractivity contribution in [1.82, 2.24) is 0 Å². The van der Waals surface area contributed by atoms with E-state index < -0.39 is 69.2 Å². The van der Waals surface area contributed by atoms with Crippen molar-refractivity contribution in [2.24, 2.45) is 23.7 Å². The van der Waals surface area contributed by atoms with Gasteiger partial charge in [0.15, 0.2) is 0 Å². The average molecular weight is 588 g/mol. The van der Waals surface area contributed by atoms with Crippen molar-refractivity contribution in [3.8, 4) is 11.5 Å². The van der Waals surface area contributed by atoms with Crippen LogP contribution in [0.15, 0.2) is 12.1 Å². The first kappa shape index (κ1) is 23.1. The Hall–Kier alpha value is -2.07. The number of hydrogen-bond donors (Lipinski definition) is 2. The summed E-state index contributed by atoms with van der Waals surface area (Å²) in [6, 6.07) is 2.70. The zero-order chi connectivity index (χ0) is 23.7. The van der Waals surface area contributed by atoms with Crippen LogP contribution < -0.4 is 4.74 Å². The number of rotatable bonds is 5. The van der Waals surface area contributed by atoms with Gasteiger partial charge < -0.3 is 19.3 Å². The summed E-state index contributed by atoms with van der Waals surface area (Å²) in [5.74, 6) is -7.78. The van der Waals surface area contributed by atoms with Crippen LogP contribution in [0.4, 0.5) is 8.78 Å². The van der Waals surface area contributed by atoms with E-state index in [-0.39, 0.29) is 17.9 Å². The summed E-state index contributed by atoms with van der Waals surface area (Å²) < 4.78 is 73.3. The fraction of sp³-hybridized carbons (Fsp3) is 0.500. The molecule has 10 nitrogen and oxygen atoms in total. The first-order valence-corrected chi connectivity index (χ1v) is 11.7. The topological polar surface area (TPSA) is 154 Å². The molecule has 6 atom stereocenters. The van der Waals surface area contributed by atoms with E-state index in [9.17, 15) is 36.7 Å². The van der Waals surface area contributed by atoms with Gasteiger partial charge in [0.2, 0.25) is 0 Å². The number of fused-ring (bicyclic) bond motifs is 1. The highest BCUT2D eigenvalue weighted by Gasteiger charge is 2.71. The van der Waals surface area contributed by atoms with Crippen LogP contribution in [-0.4, -0.2) is 53.4 Å². The molecular formula is C18H15F2IO10S. The molecule has 3 aliphatic rings. The molecule has 2 bridgehead atoms. The number of phenolic OH excluding ortho intramolecular Hbond substituents is 1. The molecule has 0 amide bonds. The predicted octanol–water partition coefficient (Wildman–Crippen LogP) is 1.41. The number of aryl methyl sites for hydroxylation is 1. The highest BCUT2D eigenvalue weighted by molar-refractivity contribution is 14.1. The normalized spacial score (nSPS) is 30.8. The van der Waals surface area contributed by atoms with Gasteiger partial charge in [-0.2, -0.15) is 17.2 Å². The largest absolute Gasteiger partial charge is 0.508 e. The number of aromatic hydroxyl groups is 1. The standard InChI is InChI=1S/C18H15F2IO10S/c1-5-2-6(22)3-9(21)12(5)29-15(23)11-8-4-7-10(11)16(24)30-13(7)14(8)31-17(25)18(19,20)32(26,27)28/h2-3,7-8,10-11,13-14,22H,4H2,1H3,(H,26,27,28). The van der Waals surface area contributed by atoms with E-state index in [0.717, 1.165) is 0 Å². The van der Waals surface area contributed by atoms with Gasteiger partial charge in [0.25, 0.3) is 0 Å². The number of halogens is 3. The van der Waals surface area contributed by atoms with Crippen molar-refractivity contribution in [1.29, 1.82) is 0 Å². The summed E-state index contributed by atoms with van der Waals surface area (Å²) in [5.41, 5.74) is 0.425. The molecule has 4 rings (SSSR count). The third kappa shape index (κ3) is 3.42. The number of carbonyl (C=O) groups is 3. The predicted molar refractivity (Wildman–Crippen MR) is 106 cm³/mol. The van der Waals surface area contributed by atoms with Crippen molar-refractivity contribution in [3.05, 3.63) is 21.3 Å². The minimum atomic E-state index is -6.09. The average Bonchev–Trinajstić information content (AvgIpc) is 3.27. The molecule has 6 unspecified atom stereocenters. The summed E-state index contributed by atoms with van der Waals surface area (Å²) in [6.07, 6.45) is -2.50. The van der Waals surface area contributed by atoms with Crippen molar-refractivity contribution < 1.29 is 55.5 Å². The fourth-order valence-corrected chi connectivity index (χ4v) is 5.89. The van der Waals surface area contributed by atoms with Gasteiger partial charge in [-0.1, -0.05) is 0 Å². The Kier molecular flexibility index (Phi) is 5.40. The van der Waals surface area contributed by atoms with E-state index in [1.165, 1.54) is 12.1 Å². The second kappa shape index (κ2) is 7.48. The van der Waals surface area contributed by atoms with Crippen LogP contribution >= 0.6 is 22.6 Å². The SMILES string of the molecule is Cc1cc(O)cc(I)c1OC(=O)C1C2CC3C(OC(=O)C31)C2OC(=O)C(F)(F)S(=O)(=O)O. The zero-order valence-electron chi connectivity index (χ0n) is 16.0. The highest BCUT2D eigenvalue weighted by Crippen LogP contribution is 2.59. The van der Waals surface area contributed by atoms with E-state index in [0.29, 0.717) is 9.13 Å². The minimum absolute atomic E-state index is 0.0550. The van der Waals surface area contributed by atoms with E-state index >= 15 is 0 Å². The van der Waals surface area contributed by atoms with Gasteiger partial charge in [-0.05, 0) is 53.6 Å². The smallest absolute Gasteiger partial charge is 0.465 e. The Labute approximate surface area is 193 Å². The number of ether oxygens (including phenoxy) is 3. The maximum absolute atomic E-state index is 13.7. The Morgan fingerprint density at radius 2 is 1.94 bits per heavy atom. The van der Waals surface area contributed by atoms with Gasteiger partial charge in [-0.25, -0.2) is 4.79 Å². The number of benzene rings is 1. The van der Waals surface area contributed by atoms with Crippen LogP contribution in [-0.2, 0) is 34.0 Å². The molecule has 1 aromatic carbocycles. The monoisotopic (exact) mass is 588 g/mol. The first-order valence-electron chi connectivity index (χ1n) is 9.21. The zero-order valence-corrected chi connectivity index (χ0v) is 19.0. The van der Waals surface area contributed by atoms with Gasteiger partial charge in [-0.3, -0.25) is 14.1 Å². The lowest BCUT2D eigenvalue weighted by Gasteiger charge is -2.30. The number of alkyl halides is 2. The van der Waals surface area contributed by atoms with Crippen LogP contribution in [0.2, 0.25) is 0 Å². The lowest BCUT2D eigenvalue weighted by Crippen LogP contribution is -2.48. The third-order valence-corrected chi connectivity index (χ3v) is 7.66. The van der Waals surface area contributed by atoms with E-state index in [1.807, 2.05) is 22.6 Å². The molecule has 0 spiro atoms. The number of hydrogen-bond acceptors (Lipinski definition) is 9. The molecule has 2 aliphatic carbocycles. The maximum Gasteiger partial charge on any atom is 0.465 e. The summed E-state index contributed by atoms with van der Waals surface area (Å²) >= 11 is 1.83. The molecule has 1 aromatic rings. The minimum Gasteiger partial charge on any atom is -0.508 e. The van der Waals surface area contributed by atoms with Crippen molar-refractivity contribution >= 4 is 50.6 Å². The molecule has 14 heteroatoms. The summed E-state index contributed by atoms with van der Waals surface area (Å²) in [7, 11) is -6.09. The van der Waals surface area contributed by atoms with E-state index in [4.69, 9.17) is 14.0 Å². The number of carbonyl (C=O) groups excluding carboxylic acids is 3. The van der Waals surface area contributed by atoms with Gasteiger partial charge in [0, 0.05) is 11.8 Å². The lowest BCUT2D eigenvalue weighted by molar-refractivity contribution is -0.178. The molecule has 2 N–H and O–H groups in total. The maximum atomic E-state index is 13.7. The Morgan fingerprint density at radius 1 is 1.28 bits per heavy atom. The summed E-state index contributed by atoms with van der Waals surface area (Å²) in [6.45, 7) is 1.58. The molecule has 1 heterocycles. The van der Waals surface area contributed by atoms with Crippen LogP contribution in [0.5, 0.6) is 11.5 Å². The lowest BCUT2D eigenvalue weighted by atomic mass is 9.78. The fourth-order valence-electron chi connectivity index (χ4n) is 4.78. The first-order chi connectivity index (χ1) is 14.7. The second-order valence-corrected chi connectivity index (χ2v) is 10.5. The third-order valence-electron chi connectivity index (χ3n) is 6.04. The van der Waals surface area contributed by atoms with Crippen LogP contribution in [0.25, 0.3) is 0 Å². The molecule has 1 aliphatic heterocycles. The summed E-state index contributed by atoms with van der Waals surface area (Å²) in [5, 5.41) is 4.40. The highest BCUT2D eigenvalue weighted by atomic mass is 127. The van der Waals surface area contributed by atoms with Gasteiger partial charge in [0.1, 0.15) is 23.7 Å². The molecule has 32 heavy (non-hydrogen) atoms. The molecular weight excluding hydrogens is 573 g/mol. The Morgan fingerprint density at radius 3 is 2.53 bits per heavy atom. The quantitative estimate of drug-likeness (QED) is 0.224. The Balaban J connectivity index is 1.60.